The number of aryl methyl sites for hydroxylation is 1. The van der Waals surface area contributed by atoms with Gasteiger partial charge >= 0.3 is 6.18 Å². The fourth-order valence-corrected chi connectivity index (χ4v) is 4.84. The molecule has 1 aromatic heterocycles. The van der Waals surface area contributed by atoms with Crippen molar-refractivity contribution >= 4 is 9.84 Å². The monoisotopic (exact) mass is 385 g/mol. The molecular formula is C18H18F3NO3S. The number of sulfone groups is 1. The summed E-state index contributed by atoms with van der Waals surface area (Å²) in [5, 5.41) is -0.660. The molecule has 0 bridgehead atoms. The van der Waals surface area contributed by atoms with E-state index in [1.807, 2.05) is 13.0 Å². The van der Waals surface area contributed by atoms with E-state index in [-0.39, 0.29) is 17.9 Å². The number of rotatable bonds is 3. The zero-order valence-corrected chi connectivity index (χ0v) is 14.8. The van der Waals surface area contributed by atoms with Crippen molar-refractivity contribution in [2.24, 2.45) is 0 Å². The molecule has 0 saturated carbocycles. The summed E-state index contributed by atoms with van der Waals surface area (Å²) in [5.74, 6) is 0. The highest BCUT2D eigenvalue weighted by Gasteiger charge is 2.35. The normalized spacial score (nSPS) is 21.5. The predicted molar refractivity (Wildman–Crippen MR) is 89.3 cm³/mol. The third-order valence-corrected chi connectivity index (χ3v) is 6.65. The second-order valence-electron chi connectivity index (χ2n) is 6.34. The van der Waals surface area contributed by atoms with Crippen molar-refractivity contribution in [2.45, 2.75) is 42.2 Å². The van der Waals surface area contributed by atoms with Crippen LogP contribution in [0.25, 0.3) is 0 Å². The van der Waals surface area contributed by atoms with Crippen LogP contribution in [0.2, 0.25) is 0 Å². The van der Waals surface area contributed by atoms with E-state index in [0.29, 0.717) is 12.1 Å². The van der Waals surface area contributed by atoms with Gasteiger partial charge in [0.15, 0.2) is 9.84 Å². The van der Waals surface area contributed by atoms with E-state index >= 15 is 0 Å². The molecule has 1 fully saturated rings. The molecule has 1 saturated heterocycles. The van der Waals surface area contributed by atoms with Gasteiger partial charge in [-0.3, -0.25) is 4.98 Å². The topological polar surface area (TPSA) is 56.3 Å². The smallest absolute Gasteiger partial charge is 0.372 e. The Morgan fingerprint density at radius 2 is 1.96 bits per heavy atom. The molecule has 1 aliphatic heterocycles. The SMILES string of the molecule is Cc1cccc(S(=O)(=O)C2CCOC(c3ccc(C(F)(F)F)cn3)C2)c1. The minimum absolute atomic E-state index is 0.161. The first-order valence-corrected chi connectivity index (χ1v) is 9.68. The predicted octanol–water partition coefficient (Wildman–Crippen LogP) is 4.10. The van der Waals surface area contributed by atoms with Crippen LogP contribution in [0.5, 0.6) is 0 Å². The maximum atomic E-state index is 12.9. The molecule has 2 aromatic rings. The summed E-state index contributed by atoms with van der Waals surface area (Å²) in [6, 6.07) is 8.87. The van der Waals surface area contributed by atoms with Crippen molar-refractivity contribution in [1.29, 1.82) is 0 Å². The molecular weight excluding hydrogens is 367 g/mol. The van der Waals surface area contributed by atoms with Crippen LogP contribution in [0.3, 0.4) is 0 Å². The number of alkyl halides is 3. The van der Waals surface area contributed by atoms with Gasteiger partial charge in [-0.15, -0.1) is 0 Å². The van der Waals surface area contributed by atoms with E-state index in [0.717, 1.165) is 17.8 Å². The minimum Gasteiger partial charge on any atom is -0.372 e. The summed E-state index contributed by atoms with van der Waals surface area (Å²) in [6.07, 6.45) is -3.86. The third kappa shape index (κ3) is 3.91. The Balaban J connectivity index is 1.81. The van der Waals surface area contributed by atoms with E-state index < -0.39 is 32.9 Å². The van der Waals surface area contributed by atoms with Crippen molar-refractivity contribution in [3.8, 4) is 0 Å². The minimum atomic E-state index is -4.46. The number of hydrogen-bond acceptors (Lipinski definition) is 4. The summed E-state index contributed by atoms with van der Waals surface area (Å²) in [6.45, 7) is 2.03. The second kappa shape index (κ2) is 7.00. The fraction of sp³-hybridized carbons (Fsp3) is 0.389. The first-order valence-electron chi connectivity index (χ1n) is 8.13. The lowest BCUT2D eigenvalue weighted by atomic mass is 10.0. The lowest BCUT2D eigenvalue weighted by molar-refractivity contribution is -0.137. The number of ether oxygens (including phenoxy) is 1. The number of aromatic nitrogens is 1. The van der Waals surface area contributed by atoms with E-state index in [4.69, 9.17) is 4.74 Å². The summed E-state index contributed by atoms with van der Waals surface area (Å²) in [4.78, 5) is 4.09. The van der Waals surface area contributed by atoms with Gasteiger partial charge in [-0.25, -0.2) is 8.42 Å². The molecule has 1 aromatic carbocycles. The molecule has 1 aliphatic rings. The van der Waals surface area contributed by atoms with Crippen molar-refractivity contribution in [2.75, 3.05) is 6.61 Å². The van der Waals surface area contributed by atoms with Gasteiger partial charge in [0.1, 0.15) is 6.10 Å². The summed E-state index contributed by atoms with van der Waals surface area (Å²) in [5.41, 5.74) is 0.308. The lowest BCUT2D eigenvalue weighted by Crippen LogP contribution is -2.31. The molecule has 3 rings (SSSR count). The zero-order valence-electron chi connectivity index (χ0n) is 14.0. The highest BCUT2D eigenvalue weighted by Crippen LogP contribution is 2.34. The van der Waals surface area contributed by atoms with E-state index in [1.54, 1.807) is 18.2 Å². The van der Waals surface area contributed by atoms with Crippen LogP contribution in [0, 0.1) is 6.92 Å². The number of benzene rings is 1. The lowest BCUT2D eigenvalue weighted by Gasteiger charge is -2.29. The fourth-order valence-electron chi connectivity index (χ4n) is 3.00. The first kappa shape index (κ1) is 18.8. The third-order valence-electron chi connectivity index (χ3n) is 4.44. The molecule has 140 valence electrons. The standard InChI is InChI=1S/C18H18F3NO3S/c1-12-3-2-4-14(9-12)26(23,24)15-7-8-25-17(10-15)16-6-5-13(11-22-16)18(19,20)21/h2-6,9,11,15,17H,7-8,10H2,1H3. The Kier molecular flexibility index (Phi) is 5.07. The van der Waals surface area contributed by atoms with Crippen LogP contribution in [0.1, 0.15) is 35.8 Å². The molecule has 4 nitrogen and oxygen atoms in total. The quantitative estimate of drug-likeness (QED) is 0.798. The van der Waals surface area contributed by atoms with Crippen LogP contribution >= 0.6 is 0 Å². The van der Waals surface area contributed by atoms with Gasteiger partial charge in [0, 0.05) is 12.8 Å². The number of nitrogens with zero attached hydrogens (tertiary/aromatic N) is 1. The average Bonchev–Trinajstić information content (AvgIpc) is 2.61. The molecule has 0 radical (unpaired) electrons. The van der Waals surface area contributed by atoms with Crippen molar-refractivity contribution < 1.29 is 26.3 Å². The Hall–Kier alpha value is -1.93. The van der Waals surface area contributed by atoms with Gasteiger partial charge in [0.2, 0.25) is 0 Å². The highest BCUT2D eigenvalue weighted by atomic mass is 32.2. The van der Waals surface area contributed by atoms with Crippen molar-refractivity contribution in [3.05, 3.63) is 59.4 Å². The van der Waals surface area contributed by atoms with Crippen LogP contribution in [-0.4, -0.2) is 25.3 Å². The maximum absolute atomic E-state index is 12.9. The first-order chi connectivity index (χ1) is 12.2. The number of halogens is 3. The van der Waals surface area contributed by atoms with Gasteiger partial charge in [0.25, 0.3) is 0 Å². The Labute approximate surface area is 149 Å². The maximum Gasteiger partial charge on any atom is 0.417 e. The molecule has 0 amide bonds. The number of pyridine rings is 1. The molecule has 0 aliphatic carbocycles. The largest absolute Gasteiger partial charge is 0.417 e. The van der Waals surface area contributed by atoms with Gasteiger partial charge in [-0.05, 0) is 49.6 Å². The van der Waals surface area contributed by atoms with Crippen LogP contribution in [0.15, 0.2) is 47.5 Å². The van der Waals surface area contributed by atoms with E-state index in [9.17, 15) is 21.6 Å². The molecule has 0 N–H and O–H groups in total. The highest BCUT2D eigenvalue weighted by molar-refractivity contribution is 7.92. The Morgan fingerprint density at radius 1 is 1.19 bits per heavy atom. The summed E-state index contributed by atoms with van der Waals surface area (Å²) in [7, 11) is -3.54. The zero-order chi connectivity index (χ0) is 18.9. The molecule has 2 unspecified atom stereocenters. The van der Waals surface area contributed by atoms with E-state index in [2.05, 4.69) is 4.98 Å². The molecule has 0 spiro atoms. The number of hydrogen-bond donors (Lipinski definition) is 0. The Bertz CT molecular complexity index is 879. The van der Waals surface area contributed by atoms with Gasteiger partial charge in [0.05, 0.1) is 21.4 Å². The van der Waals surface area contributed by atoms with E-state index in [1.165, 1.54) is 6.07 Å². The second-order valence-corrected chi connectivity index (χ2v) is 8.56. The van der Waals surface area contributed by atoms with Crippen LogP contribution in [-0.2, 0) is 20.8 Å². The van der Waals surface area contributed by atoms with Gasteiger partial charge < -0.3 is 4.74 Å². The van der Waals surface area contributed by atoms with Crippen LogP contribution < -0.4 is 0 Å². The molecule has 8 heteroatoms. The Morgan fingerprint density at radius 3 is 2.58 bits per heavy atom. The molecule has 26 heavy (non-hydrogen) atoms. The summed E-state index contributed by atoms with van der Waals surface area (Å²) >= 11 is 0. The molecule has 2 heterocycles. The molecule has 2 atom stereocenters. The average molecular weight is 385 g/mol. The van der Waals surface area contributed by atoms with Crippen LogP contribution in [0.4, 0.5) is 13.2 Å². The van der Waals surface area contributed by atoms with Gasteiger partial charge in [-0.2, -0.15) is 13.2 Å². The summed E-state index contributed by atoms with van der Waals surface area (Å²) < 4.78 is 69.3. The van der Waals surface area contributed by atoms with Crippen molar-refractivity contribution in [3.63, 3.8) is 0 Å². The van der Waals surface area contributed by atoms with Gasteiger partial charge in [-0.1, -0.05) is 12.1 Å². The van der Waals surface area contributed by atoms with Crippen molar-refractivity contribution in [1.82, 2.24) is 4.98 Å².